The Morgan fingerprint density at radius 1 is 1.56 bits per heavy atom. The molecule has 0 bridgehead atoms. The summed E-state index contributed by atoms with van der Waals surface area (Å²) in [6, 6.07) is 0. The van der Waals surface area contributed by atoms with Gasteiger partial charge < -0.3 is 10.0 Å². The van der Waals surface area contributed by atoms with E-state index in [1.54, 1.807) is 11.3 Å². The summed E-state index contributed by atoms with van der Waals surface area (Å²) in [6.45, 7) is 6.61. The largest absolute Gasteiger partial charge is 0.481 e. The van der Waals surface area contributed by atoms with Gasteiger partial charge in [-0.3, -0.25) is 4.79 Å². The van der Waals surface area contributed by atoms with Crippen molar-refractivity contribution in [1.82, 2.24) is 4.98 Å². The van der Waals surface area contributed by atoms with Crippen LogP contribution < -0.4 is 4.90 Å². The van der Waals surface area contributed by atoms with Crippen molar-refractivity contribution in [2.75, 3.05) is 18.0 Å². The van der Waals surface area contributed by atoms with Crippen LogP contribution >= 0.6 is 11.3 Å². The summed E-state index contributed by atoms with van der Waals surface area (Å²) in [5, 5.41) is 10.2. The van der Waals surface area contributed by atoms with Gasteiger partial charge in [-0.1, -0.05) is 13.8 Å². The Morgan fingerprint density at radius 3 is 2.94 bits per heavy atom. The molecule has 4 nitrogen and oxygen atoms in total. The van der Waals surface area contributed by atoms with E-state index in [0.29, 0.717) is 5.41 Å². The second kappa shape index (κ2) is 3.95. The number of nitrogens with zero attached hydrogens (tertiary/aromatic N) is 2. The van der Waals surface area contributed by atoms with Crippen LogP contribution in [0.5, 0.6) is 0 Å². The van der Waals surface area contributed by atoms with E-state index < -0.39 is 5.97 Å². The predicted octanol–water partition coefficient (Wildman–Crippen LogP) is 2.49. The number of aliphatic carboxylic acids is 1. The predicted molar refractivity (Wildman–Crippen MR) is 71.4 cm³/mol. The lowest BCUT2D eigenvalue weighted by atomic mass is 9.93. The standard InChI is InChI=1S/C13H18N2O2S/c1-13(2)5-6-15(7-13)12-14-10-8(11(16)17)3-4-9(10)18-12/h8H,3-7H2,1-2H3,(H,16,17). The number of rotatable bonds is 2. The molecule has 98 valence electrons. The molecule has 1 aromatic heterocycles. The number of aryl methyl sites for hydroxylation is 1. The summed E-state index contributed by atoms with van der Waals surface area (Å²) >= 11 is 1.69. The lowest BCUT2D eigenvalue weighted by molar-refractivity contribution is -0.138. The summed E-state index contributed by atoms with van der Waals surface area (Å²) in [7, 11) is 0. The Labute approximate surface area is 111 Å². The molecule has 0 radical (unpaired) electrons. The van der Waals surface area contributed by atoms with Crippen LogP contribution in [0.15, 0.2) is 0 Å². The minimum atomic E-state index is -0.729. The number of hydrogen-bond donors (Lipinski definition) is 1. The first-order valence-electron chi connectivity index (χ1n) is 6.44. The molecule has 2 heterocycles. The average molecular weight is 266 g/mol. The summed E-state index contributed by atoms with van der Waals surface area (Å²) in [4.78, 5) is 19.2. The van der Waals surface area contributed by atoms with Crippen molar-refractivity contribution in [2.24, 2.45) is 5.41 Å². The second-order valence-electron chi connectivity index (χ2n) is 6.07. The quantitative estimate of drug-likeness (QED) is 0.893. The molecule has 0 spiro atoms. The third kappa shape index (κ3) is 1.90. The number of carbonyl (C=O) groups is 1. The zero-order valence-electron chi connectivity index (χ0n) is 10.8. The molecule has 1 fully saturated rings. The number of thiazole rings is 1. The average Bonchev–Trinajstić information content (AvgIpc) is 2.88. The zero-order valence-corrected chi connectivity index (χ0v) is 11.6. The molecule has 2 aliphatic rings. The second-order valence-corrected chi connectivity index (χ2v) is 7.13. The van der Waals surface area contributed by atoms with Crippen molar-refractivity contribution >= 4 is 22.4 Å². The molecule has 1 unspecified atom stereocenters. The van der Waals surface area contributed by atoms with Gasteiger partial charge in [-0.05, 0) is 24.7 Å². The Hall–Kier alpha value is -1.10. The number of carboxylic acid groups (broad SMARTS) is 1. The number of aromatic nitrogens is 1. The Bertz CT molecular complexity index is 495. The lowest BCUT2D eigenvalue weighted by Gasteiger charge is -2.19. The highest BCUT2D eigenvalue weighted by Crippen LogP contribution is 2.42. The van der Waals surface area contributed by atoms with E-state index in [9.17, 15) is 4.79 Å². The minimum absolute atomic E-state index is 0.350. The molecule has 1 saturated heterocycles. The molecular formula is C13H18N2O2S. The molecule has 1 N–H and O–H groups in total. The van der Waals surface area contributed by atoms with Crippen LogP contribution in [0.3, 0.4) is 0 Å². The van der Waals surface area contributed by atoms with E-state index in [1.165, 1.54) is 11.3 Å². The summed E-state index contributed by atoms with van der Waals surface area (Å²) in [5.74, 6) is -1.10. The van der Waals surface area contributed by atoms with Crippen LogP contribution in [-0.4, -0.2) is 29.1 Å². The van der Waals surface area contributed by atoms with Gasteiger partial charge >= 0.3 is 5.97 Å². The smallest absolute Gasteiger partial charge is 0.312 e. The van der Waals surface area contributed by atoms with Crippen molar-refractivity contribution in [3.63, 3.8) is 0 Å². The molecular weight excluding hydrogens is 248 g/mol. The highest BCUT2D eigenvalue weighted by molar-refractivity contribution is 7.15. The number of carboxylic acids is 1. The van der Waals surface area contributed by atoms with E-state index in [1.807, 2.05) is 0 Å². The molecule has 1 aliphatic carbocycles. The van der Waals surface area contributed by atoms with Crippen LogP contribution in [0, 0.1) is 5.41 Å². The maximum absolute atomic E-state index is 11.1. The number of anilines is 1. The maximum atomic E-state index is 11.1. The molecule has 1 aromatic rings. The van der Waals surface area contributed by atoms with Crippen LogP contribution in [0.25, 0.3) is 0 Å². The van der Waals surface area contributed by atoms with Gasteiger partial charge in [0, 0.05) is 18.0 Å². The fourth-order valence-corrected chi connectivity index (χ4v) is 4.03. The number of hydrogen-bond acceptors (Lipinski definition) is 4. The topological polar surface area (TPSA) is 53.4 Å². The normalized spacial score (nSPS) is 25.4. The van der Waals surface area contributed by atoms with E-state index in [0.717, 1.165) is 36.8 Å². The molecule has 3 rings (SSSR count). The molecule has 0 aromatic carbocycles. The SMILES string of the molecule is CC1(C)CCN(c2nc3c(s2)CCC3C(=O)O)C1. The number of fused-ring (bicyclic) bond motifs is 1. The van der Waals surface area contributed by atoms with Crippen molar-refractivity contribution < 1.29 is 9.90 Å². The molecule has 5 heteroatoms. The Morgan fingerprint density at radius 2 is 2.33 bits per heavy atom. The molecule has 0 amide bonds. The van der Waals surface area contributed by atoms with Gasteiger partial charge in [0.25, 0.3) is 0 Å². The highest BCUT2D eigenvalue weighted by Gasteiger charge is 2.35. The van der Waals surface area contributed by atoms with E-state index in [4.69, 9.17) is 5.11 Å². The van der Waals surface area contributed by atoms with Crippen LogP contribution in [0.1, 0.15) is 43.2 Å². The first-order valence-corrected chi connectivity index (χ1v) is 7.25. The van der Waals surface area contributed by atoms with Crippen LogP contribution in [0.4, 0.5) is 5.13 Å². The van der Waals surface area contributed by atoms with Gasteiger partial charge in [0.15, 0.2) is 5.13 Å². The van der Waals surface area contributed by atoms with Gasteiger partial charge in [-0.2, -0.15) is 0 Å². The van der Waals surface area contributed by atoms with Gasteiger partial charge in [-0.25, -0.2) is 4.98 Å². The third-order valence-corrected chi connectivity index (χ3v) is 5.14. The van der Waals surface area contributed by atoms with Gasteiger partial charge in [-0.15, -0.1) is 11.3 Å². The first kappa shape index (κ1) is 12.0. The van der Waals surface area contributed by atoms with Crippen molar-refractivity contribution in [3.8, 4) is 0 Å². The van der Waals surface area contributed by atoms with E-state index in [2.05, 4.69) is 23.7 Å². The van der Waals surface area contributed by atoms with Gasteiger partial charge in [0.2, 0.25) is 0 Å². The van der Waals surface area contributed by atoms with Crippen molar-refractivity contribution in [3.05, 3.63) is 10.6 Å². The van der Waals surface area contributed by atoms with Crippen LogP contribution in [0.2, 0.25) is 0 Å². The Kier molecular flexibility index (Phi) is 2.62. The van der Waals surface area contributed by atoms with Crippen molar-refractivity contribution in [2.45, 2.75) is 39.0 Å². The molecule has 1 aliphatic heterocycles. The summed E-state index contributed by atoms with van der Waals surface area (Å²) in [6.07, 6.45) is 2.77. The Balaban J connectivity index is 1.85. The maximum Gasteiger partial charge on any atom is 0.312 e. The van der Waals surface area contributed by atoms with Gasteiger partial charge in [0.1, 0.15) is 5.92 Å². The first-order chi connectivity index (χ1) is 8.46. The molecule has 1 atom stereocenters. The fourth-order valence-electron chi connectivity index (χ4n) is 2.87. The highest BCUT2D eigenvalue weighted by atomic mass is 32.1. The minimum Gasteiger partial charge on any atom is -0.481 e. The van der Waals surface area contributed by atoms with E-state index >= 15 is 0 Å². The fraction of sp³-hybridized carbons (Fsp3) is 0.692. The third-order valence-electron chi connectivity index (χ3n) is 3.95. The molecule has 18 heavy (non-hydrogen) atoms. The van der Waals surface area contributed by atoms with Crippen molar-refractivity contribution in [1.29, 1.82) is 0 Å². The summed E-state index contributed by atoms with van der Waals surface area (Å²) < 4.78 is 0. The monoisotopic (exact) mass is 266 g/mol. The molecule has 0 saturated carbocycles. The zero-order chi connectivity index (χ0) is 12.9. The summed E-state index contributed by atoms with van der Waals surface area (Å²) in [5.41, 5.74) is 1.18. The van der Waals surface area contributed by atoms with Crippen LogP contribution in [-0.2, 0) is 11.2 Å². The lowest BCUT2D eigenvalue weighted by Crippen LogP contribution is -2.22. The van der Waals surface area contributed by atoms with E-state index in [-0.39, 0.29) is 5.92 Å². The van der Waals surface area contributed by atoms with Gasteiger partial charge in [0.05, 0.1) is 5.69 Å².